The minimum atomic E-state index is -3.67. The lowest BCUT2D eigenvalue weighted by Crippen LogP contribution is -2.05. The van der Waals surface area contributed by atoms with Gasteiger partial charge in [-0.15, -0.1) is 5.10 Å². The lowest BCUT2D eigenvalue weighted by Gasteiger charge is -2.14. The summed E-state index contributed by atoms with van der Waals surface area (Å²) >= 11 is 5.86. The van der Waals surface area contributed by atoms with Crippen molar-refractivity contribution in [3.8, 4) is 6.01 Å². The predicted octanol–water partition coefficient (Wildman–Crippen LogP) is 3.07. The first-order valence-electron chi connectivity index (χ1n) is 5.62. The molecule has 0 aliphatic heterocycles. The second-order valence-corrected chi connectivity index (χ2v) is 5.51. The van der Waals surface area contributed by atoms with Crippen LogP contribution in [0.4, 0.5) is 0 Å². The molecule has 0 unspecified atom stereocenters. The predicted molar refractivity (Wildman–Crippen MR) is 66.9 cm³/mol. The van der Waals surface area contributed by atoms with E-state index in [1.807, 2.05) is 13.8 Å². The highest BCUT2D eigenvalue weighted by Crippen LogP contribution is 2.48. The Morgan fingerprint density at radius 1 is 1.33 bits per heavy atom. The third kappa shape index (κ3) is 3.95. The van der Waals surface area contributed by atoms with Crippen LogP contribution in [0.5, 0.6) is 6.01 Å². The molecule has 0 amide bonds. The van der Waals surface area contributed by atoms with Gasteiger partial charge in [-0.1, -0.05) is 0 Å². The Bertz CT molecular complexity index is 427. The van der Waals surface area contributed by atoms with E-state index >= 15 is 0 Å². The van der Waals surface area contributed by atoms with Gasteiger partial charge in [-0.3, -0.25) is 9.05 Å². The van der Waals surface area contributed by atoms with Crippen molar-refractivity contribution < 1.29 is 18.1 Å². The van der Waals surface area contributed by atoms with E-state index in [1.165, 1.54) is 4.68 Å². The van der Waals surface area contributed by atoms with E-state index < -0.39 is 7.82 Å². The van der Waals surface area contributed by atoms with Crippen LogP contribution in [0.2, 0.25) is 5.28 Å². The van der Waals surface area contributed by atoms with Crippen molar-refractivity contribution >= 4 is 19.4 Å². The van der Waals surface area contributed by atoms with Gasteiger partial charge in [0.1, 0.15) is 0 Å². The molecule has 18 heavy (non-hydrogen) atoms. The molecule has 1 heterocycles. The minimum Gasteiger partial charge on any atom is -0.367 e. The molecule has 0 aliphatic carbocycles. The highest BCUT2D eigenvalue weighted by atomic mass is 35.5. The smallest absolute Gasteiger partial charge is 0.367 e. The third-order valence-corrected chi connectivity index (χ3v) is 3.62. The van der Waals surface area contributed by atoms with E-state index in [9.17, 15) is 4.57 Å². The van der Waals surface area contributed by atoms with E-state index in [2.05, 4.69) is 10.1 Å². The van der Waals surface area contributed by atoms with E-state index in [1.54, 1.807) is 13.8 Å². The summed E-state index contributed by atoms with van der Waals surface area (Å²) in [6, 6.07) is -0.111. The monoisotopic (exact) mass is 297 g/mol. The van der Waals surface area contributed by atoms with Crippen LogP contribution in [0.1, 0.15) is 33.7 Å². The first kappa shape index (κ1) is 15.4. The number of hydrogen-bond donors (Lipinski definition) is 0. The molecule has 0 fully saturated rings. The van der Waals surface area contributed by atoms with Gasteiger partial charge in [-0.05, 0) is 39.3 Å². The topological polar surface area (TPSA) is 75.5 Å². The third-order valence-electron chi connectivity index (χ3n) is 1.83. The Balaban J connectivity index is 2.88. The van der Waals surface area contributed by atoms with Gasteiger partial charge in [-0.2, -0.15) is 4.98 Å². The fraction of sp³-hybridized carbons (Fsp3) is 0.778. The molecule has 0 radical (unpaired) electrons. The zero-order valence-electron chi connectivity index (χ0n) is 10.8. The largest absolute Gasteiger partial charge is 0.532 e. The van der Waals surface area contributed by atoms with Gasteiger partial charge < -0.3 is 4.52 Å². The average Bonchev–Trinajstić information content (AvgIpc) is 2.59. The van der Waals surface area contributed by atoms with Crippen LogP contribution in [0.3, 0.4) is 0 Å². The summed E-state index contributed by atoms with van der Waals surface area (Å²) < 4.78 is 28.5. The van der Waals surface area contributed by atoms with Crippen LogP contribution in [-0.4, -0.2) is 28.0 Å². The second kappa shape index (κ2) is 6.52. The van der Waals surface area contributed by atoms with E-state index in [0.717, 1.165) is 0 Å². The summed E-state index contributed by atoms with van der Waals surface area (Å²) in [5, 5.41) is 4.13. The van der Waals surface area contributed by atoms with E-state index in [-0.39, 0.29) is 30.5 Å². The van der Waals surface area contributed by atoms with Crippen LogP contribution in [0.15, 0.2) is 0 Å². The molecule has 9 heteroatoms. The molecule has 1 aromatic heterocycles. The summed E-state index contributed by atoms with van der Waals surface area (Å²) in [7, 11) is -3.67. The van der Waals surface area contributed by atoms with Crippen molar-refractivity contribution in [2.75, 3.05) is 13.2 Å². The summed E-state index contributed by atoms with van der Waals surface area (Å²) in [6.07, 6.45) is 0. The molecular formula is C9H17ClN3O4P. The zero-order chi connectivity index (χ0) is 13.8. The van der Waals surface area contributed by atoms with Crippen LogP contribution in [0.25, 0.3) is 0 Å². The van der Waals surface area contributed by atoms with Crippen molar-refractivity contribution in [2.24, 2.45) is 0 Å². The molecule has 7 nitrogen and oxygen atoms in total. The Hall–Kier alpha value is -0.620. The minimum absolute atomic E-state index is 0.0147. The van der Waals surface area contributed by atoms with Crippen LogP contribution < -0.4 is 4.52 Å². The Kier molecular flexibility index (Phi) is 5.59. The molecule has 0 bridgehead atoms. The van der Waals surface area contributed by atoms with Crippen LogP contribution in [0, 0.1) is 0 Å². The number of halogens is 1. The van der Waals surface area contributed by atoms with Gasteiger partial charge in [0.05, 0.1) is 13.2 Å². The number of phosphoric ester groups is 1. The molecule has 0 aromatic carbocycles. The Morgan fingerprint density at radius 3 is 2.28 bits per heavy atom. The molecule has 0 spiro atoms. The Labute approximate surface area is 111 Å². The van der Waals surface area contributed by atoms with Gasteiger partial charge in [-0.25, -0.2) is 9.25 Å². The zero-order valence-corrected chi connectivity index (χ0v) is 12.4. The second-order valence-electron chi connectivity index (χ2n) is 3.58. The summed E-state index contributed by atoms with van der Waals surface area (Å²) in [4.78, 5) is 3.84. The van der Waals surface area contributed by atoms with Crippen molar-refractivity contribution in [1.29, 1.82) is 0 Å². The maximum atomic E-state index is 12.1. The van der Waals surface area contributed by atoms with Gasteiger partial charge in [0.2, 0.25) is 5.28 Å². The molecule has 0 saturated heterocycles. The first-order valence-corrected chi connectivity index (χ1v) is 7.46. The van der Waals surface area contributed by atoms with Crippen LogP contribution >= 0.6 is 19.4 Å². The molecular weight excluding hydrogens is 281 g/mol. The molecule has 0 N–H and O–H groups in total. The maximum Gasteiger partial charge on any atom is 0.532 e. The first-order chi connectivity index (χ1) is 8.41. The van der Waals surface area contributed by atoms with E-state index in [0.29, 0.717) is 0 Å². The van der Waals surface area contributed by atoms with Crippen molar-refractivity contribution in [1.82, 2.24) is 14.8 Å². The molecule has 0 saturated carbocycles. The number of nitrogens with zero attached hydrogens (tertiary/aromatic N) is 3. The van der Waals surface area contributed by atoms with Crippen molar-refractivity contribution in [3.05, 3.63) is 5.28 Å². The van der Waals surface area contributed by atoms with Gasteiger partial charge in [0, 0.05) is 6.04 Å². The normalized spacial score (nSPS) is 12.1. The van der Waals surface area contributed by atoms with Gasteiger partial charge in [0.25, 0.3) is 0 Å². The fourth-order valence-electron chi connectivity index (χ4n) is 1.16. The fourth-order valence-corrected chi connectivity index (χ4v) is 2.55. The van der Waals surface area contributed by atoms with Crippen molar-refractivity contribution in [2.45, 2.75) is 33.7 Å². The molecule has 104 valence electrons. The number of aromatic nitrogens is 3. The molecule has 0 aliphatic rings. The highest BCUT2D eigenvalue weighted by molar-refractivity contribution is 7.48. The highest BCUT2D eigenvalue weighted by Gasteiger charge is 2.30. The summed E-state index contributed by atoms with van der Waals surface area (Å²) in [5.41, 5.74) is 0. The average molecular weight is 298 g/mol. The van der Waals surface area contributed by atoms with Gasteiger partial charge >= 0.3 is 13.8 Å². The molecule has 1 rings (SSSR count). The quantitative estimate of drug-likeness (QED) is 0.720. The van der Waals surface area contributed by atoms with Gasteiger partial charge in [0.15, 0.2) is 0 Å². The number of phosphoric acid groups is 1. The SMILES string of the molecule is CCOP(=O)(OCC)Oc1nc(Cl)n(C(C)C)n1. The Morgan fingerprint density at radius 2 is 1.89 bits per heavy atom. The lowest BCUT2D eigenvalue weighted by atomic mass is 10.4. The van der Waals surface area contributed by atoms with Crippen molar-refractivity contribution in [3.63, 3.8) is 0 Å². The number of hydrogen-bond acceptors (Lipinski definition) is 6. The van der Waals surface area contributed by atoms with E-state index in [4.69, 9.17) is 25.2 Å². The molecule has 1 aromatic rings. The summed E-state index contributed by atoms with van der Waals surface area (Å²) in [6.45, 7) is 7.51. The number of rotatable bonds is 7. The maximum absolute atomic E-state index is 12.1. The lowest BCUT2D eigenvalue weighted by molar-refractivity contribution is 0.164. The van der Waals surface area contributed by atoms with Crippen LogP contribution in [-0.2, 0) is 13.6 Å². The molecule has 0 atom stereocenters. The standard InChI is InChI=1S/C9H17ClN3O4P/c1-5-15-18(14,16-6-2)17-9-11-8(10)13(12-9)7(3)4/h7H,5-6H2,1-4H3. The summed E-state index contributed by atoms with van der Waals surface area (Å²) in [5.74, 6) is 0.